The van der Waals surface area contributed by atoms with Gasteiger partial charge < -0.3 is 5.11 Å². The molecular formula is C14H30O. The van der Waals surface area contributed by atoms with Gasteiger partial charge in [0.1, 0.15) is 0 Å². The Bertz CT molecular complexity index is 165. The van der Waals surface area contributed by atoms with E-state index in [9.17, 15) is 5.11 Å². The summed E-state index contributed by atoms with van der Waals surface area (Å²) >= 11 is 0. The Morgan fingerprint density at radius 2 is 1.40 bits per heavy atom. The Morgan fingerprint density at radius 1 is 0.933 bits per heavy atom. The van der Waals surface area contributed by atoms with Crippen molar-refractivity contribution in [1.82, 2.24) is 0 Å². The predicted molar refractivity (Wildman–Crippen MR) is 68.0 cm³/mol. The zero-order valence-corrected chi connectivity index (χ0v) is 11.6. The fraction of sp³-hybridized carbons (Fsp3) is 1.00. The van der Waals surface area contributed by atoms with E-state index in [4.69, 9.17) is 0 Å². The van der Waals surface area contributed by atoms with Gasteiger partial charge >= 0.3 is 0 Å². The van der Waals surface area contributed by atoms with E-state index in [1.54, 1.807) is 0 Å². The quantitative estimate of drug-likeness (QED) is 0.695. The van der Waals surface area contributed by atoms with Crippen molar-refractivity contribution in [2.75, 3.05) is 0 Å². The van der Waals surface area contributed by atoms with Crippen LogP contribution in [0.25, 0.3) is 0 Å². The third kappa shape index (κ3) is 8.92. The SMILES string of the molecule is CCC(C)(C)CCC(O)CCC(C)(C)C. The molecule has 0 fully saturated rings. The molecule has 0 rings (SSSR count). The normalized spacial score (nSPS) is 15.4. The Kier molecular flexibility index (Phi) is 5.87. The second-order valence-electron chi connectivity index (χ2n) is 6.81. The van der Waals surface area contributed by atoms with Crippen molar-refractivity contribution in [2.24, 2.45) is 10.8 Å². The molecule has 0 amide bonds. The number of aliphatic hydroxyl groups excluding tert-OH is 1. The summed E-state index contributed by atoms with van der Waals surface area (Å²) in [4.78, 5) is 0. The lowest BCUT2D eigenvalue weighted by molar-refractivity contribution is 0.118. The van der Waals surface area contributed by atoms with Gasteiger partial charge in [-0.2, -0.15) is 0 Å². The van der Waals surface area contributed by atoms with Gasteiger partial charge in [0.2, 0.25) is 0 Å². The smallest absolute Gasteiger partial charge is 0.0540 e. The summed E-state index contributed by atoms with van der Waals surface area (Å²) in [6, 6.07) is 0. The van der Waals surface area contributed by atoms with Crippen LogP contribution in [-0.2, 0) is 0 Å². The number of aliphatic hydroxyl groups is 1. The molecule has 1 atom stereocenters. The lowest BCUT2D eigenvalue weighted by Gasteiger charge is -2.25. The van der Waals surface area contributed by atoms with Gasteiger partial charge in [0.15, 0.2) is 0 Å². The van der Waals surface area contributed by atoms with E-state index in [1.165, 1.54) is 6.42 Å². The molecule has 0 saturated carbocycles. The minimum absolute atomic E-state index is 0.102. The molecule has 0 radical (unpaired) electrons. The van der Waals surface area contributed by atoms with Crippen molar-refractivity contribution in [2.45, 2.75) is 79.8 Å². The molecule has 1 heteroatoms. The van der Waals surface area contributed by atoms with E-state index >= 15 is 0 Å². The number of hydrogen-bond donors (Lipinski definition) is 1. The maximum atomic E-state index is 9.87. The summed E-state index contributed by atoms with van der Waals surface area (Å²) in [5.41, 5.74) is 0.740. The number of rotatable bonds is 6. The molecule has 0 aromatic carbocycles. The van der Waals surface area contributed by atoms with Crippen LogP contribution in [0.2, 0.25) is 0 Å². The van der Waals surface area contributed by atoms with Crippen molar-refractivity contribution in [3.8, 4) is 0 Å². The Morgan fingerprint density at radius 3 is 1.80 bits per heavy atom. The van der Waals surface area contributed by atoms with E-state index in [0.29, 0.717) is 10.8 Å². The molecule has 1 nitrogen and oxygen atoms in total. The van der Waals surface area contributed by atoms with Crippen molar-refractivity contribution >= 4 is 0 Å². The van der Waals surface area contributed by atoms with Crippen LogP contribution in [-0.4, -0.2) is 11.2 Å². The van der Waals surface area contributed by atoms with Crippen LogP contribution in [0.4, 0.5) is 0 Å². The molecule has 0 aliphatic rings. The Hall–Kier alpha value is -0.0400. The van der Waals surface area contributed by atoms with E-state index < -0.39 is 0 Å². The van der Waals surface area contributed by atoms with Gasteiger partial charge in [-0.1, -0.05) is 48.0 Å². The minimum Gasteiger partial charge on any atom is -0.393 e. The zero-order chi connectivity index (χ0) is 12.1. The van der Waals surface area contributed by atoms with Crippen molar-refractivity contribution in [3.05, 3.63) is 0 Å². The molecule has 0 aromatic heterocycles. The highest BCUT2D eigenvalue weighted by molar-refractivity contribution is 4.71. The van der Waals surface area contributed by atoms with E-state index in [2.05, 4.69) is 41.5 Å². The van der Waals surface area contributed by atoms with Crippen LogP contribution >= 0.6 is 0 Å². The molecule has 0 aromatic rings. The second-order valence-corrected chi connectivity index (χ2v) is 6.81. The minimum atomic E-state index is -0.102. The fourth-order valence-electron chi connectivity index (χ4n) is 1.48. The van der Waals surface area contributed by atoms with Gasteiger partial charge in [0.05, 0.1) is 6.10 Å². The molecule has 15 heavy (non-hydrogen) atoms. The van der Waals surface area contributed by atoms with Gasteiger partial charge in [-0.25, -0.2) is 0 Å². The van der Waals surface area contributed by atoms with Gasteiger partial charge in [-0.3, -0.25) is 0 Å². The fourth-order valence-corrected chi connectivity index (χ4v) is 1.48. The summed E-state index contributed by atoms with van der Waals surface area (Å²) in [7, 11) is 0. The molecule has 1 unspecified atom stereocenters. The maximum Gasteiger partial charge on any atom is 0.0540 e. The van der Waals surface area contributed by atoms with Gasteiger partial charge in [0.25, 0.3) is 0 Å². The zero-order valence-electron chi connectivity index (χ0n) is 11.6. The first kappa shape index (κ1) is 15.0. The largest absolute Gasteiger partial charge is 0.393 e. The third-order valence-corrected chi connectivity index (χ3v) is 3.34. The Labute approximate surface area is 96.3 Å². The third-order valence-electron chi connectivity index (χ3n) is 3.34. The molecule has 0 aliphatic heterocycles. The lowest BCUT2D eigenvalue weighted by atomic mass is 9.82. The summed E-state index contributed by atoms with van der Waals surface area (Å²) in [5, 5.41) is 9.87. The highest BCUT2D eigenvalue weighted by atomic mass is 16.3. The van der Waals surface area contributed by atoms with Crippen LogP contribution in [0.3, 0.4) is 0 Å². The average Bonchev–Trinajstić information content (AvgIpc) is 2.10. The van der Waals surface area contributed by atoms with Crippen molar-refractivity contribution in [1.29, 1.82) is 0 Å². The summed E-state index contributed by atoms with van der Waals surface area (Å²) in [6.07, 6.45) is 5.24. The Balaban J connectivity index is 3.71. The molecule has 0 aliphatic carbocycles. The van der Waals surface area contributed by atoms with Crippen LogP contribution in [0, 0.1) is 10.8 Å². The van der Waals surface area contributed by atoms with Crippen LogP contribution < -0.4 is 0 Å². The average molecular weight is 214 g/mol. The topological polar surface area (TPSA) is 20.2 Å². The van der Waals surface area contributed by atoms with Crippen LogP contribution in [0.1, 0.15) is 73.6 Å². The van der Waals surface area contributed by atoms with Crippen molar-refractivity contribution in [3.63, 3.8) is 0 Å². The van der Waals surface area contributed by atoms with E-state index in [-0.39, 0.29) is 6.10 Å². The molecule has 1 N–H and O–H groups in total. The molecule has 0 bridgehead atoms. The molecule has 92 valence electrons. The highest BCUT2D eigenvalue weighted by Gasteiger charge is 2.18. The summed E-state index contributed by atoms with van der Waals surface area (Å²) in [5.74, 6) is 0. The monoisotopic (exact) mass is 214 g/mol. The highest BCUT2D eigenvalue weighted by Crippen LogP contribution is 2.29. The molecular weight excluding hydrogens is 184 g/mol. The van der Waals surface area contributed by atoms with Gasteiger partial charge in [-0.15, -0.1) is 0 Å². The van der Waals surface area contributed by atoms with Gasteiger partial charge in [-0.05, 0) is 36.5 Å². The summed E-state index contributed by atoms with van der Waals surface area (Å²) < 4.78 is 0. The predicted octanol–water partition coefficient (Wildman–Crippen LogP) is 4.39. The molecule has 0 heterocycles. The number of hydrogen-bond acceptors (Lipinski definition) is 1. The van der Waals surface area contributed by atoms with Crippen LogP contribution in [0.5, 0.6) is 0 Å². The first-order valence-electron chi connectivity index (χ1n) is 6.34. The molecule has 0 spiro atoms. The lowest BCUT2D eigenvalue weighted by Crippen LogP contribution is -2.17. The van der Waals surface area contributed by atoms with Gasteiger partial charge in [0, 0.05) is 0 Å². The standard InChI is InChI=1S/C14H30O/c1-7-14(5,6)11-9-12(15)8-10-13(2,3)4/h12,15H,7-11H2,1-6H3. The summed E-state index contributed by atoms with van der Waals surface area (Å²) in [6.45, 7) is 13.5. The van der Waals surface area contributed by atoms with E-state index in [0.717, 1.165) is 25.7 Å². The van der Waals surface area contributed by atoms with E-state index in [1.807, 2.05) is 0 Å². The van der Waals surface area contributed by atoms with Crippen LogP contribution in [0.15, 0.2) is 0 Å². The first-order valence-corrected chi connectivity index (χ1v) is 6.34. The van der Waals surface area contributed by atoms with Crippen molar-refractivity contribution < 1.29 is 5.11 Å². The molecule has 0 saturated heterocycles. The first-order chi connectivity index (χ1) is 6.66. The second kappa shape index (κ2) is 5.89. The maximum absolute atomic E-state index is 9.87.